The quantitative estimate of drug-likeness (QED) is 0.801. The maximum absolute atomic E-state index is 12.7. The van der Waals surface area contributed by atoms with Gasteiger partial charge >= 0.3 is 6.03 Å². The maximum atomic E-state index is 12.7. The van der Waals surface area contributed by atoms with Crippen LogP contribution in [0, 0.1) is 0 Å². The number of piperidine rings is 1. The van der Waals surface area contributed by atoms with Crippen LogP contribution in [0.3, 0.4) is 0 Å². The molecule has 1 heterocycles. The molecule has 1 aliphatic heterocycles. The number of rotatable bonds is 5. The van der Waals surface area contributed by atoms with Crippen molar-refractivity contribution in [1.29, 1.82) is 0 Å². The first-order valence-corrected chi connectivity index (χ1v) is 11.2. The van der Waals surface area contributed by atoms with Crippen LogP contribution in [0.1, 0.15) is 65.4 Å². The second-order valence-electron chi connectivity index (χ2n) is 8.44. The van der Waals surface area contributed by atoms with Crippen molar-refractivity contribution in [2.75, 3.05) is 13.1 Å². The average molecular weight is 396 g/mol. The van der Waals surface area contributed by atoms with Gasteiger partial charge in [0.1, 0.15) is 0 Å². The Morgan fingerprint density at radius 2 is 1.74 bits per heavy atom. The number of nitrogens with zero attached hydrogens (tertiary/aromatic N) is 1. The highest BCUT2D eigenvalue weighted by atomic mass is 32.2. The van der Waals surface area contributed by atoms with Gasteiger partial charge in [-0.2, -0.15) is 0 Å². The molecule has 0 spiro atoms. The number of benzene rings is 1. The van der Waals surface area contributed by atoms with E-state index < -0.39 is 10.0 Å². The minimum absolute atomic E-state index is 0.0931. The van der Waals surface area contributed by atoms with Crippen LogP contribution in [0.4, 0.5) is 4.79 Å². The molecule has 2 N–H and O–H groups in total. The Kier molecular flexibility index (Phi) is 6.92. The zero-order valence-electron chi connectivity index (χ0n) is 17.1. The smallest absolute Gasteiger partial charge is 0.317 e. The number of hydrogen-bond acceptors (Lipinski definition) is 3. The minimum atomic E-state index is -3.54. The lowest BCUT2D eigenvalue weighted by molar-refractivity contribution is 0.172. The lowest BCUT2D eigenvalue weighted by atomic mass is 9.99. The van der Waals surface area contributed by atoms with E-state index in [0.717, 1.165) is 12.0 Å². The van der Waals surface area contributed by atoms with Gasteiger partial charge in [0.15, 0.2) is 0 Å². The van der Waals surface area contributed by atoms with Gasteiger partial charge in [-0.15, -0.1) is 0 Å². The number of amides is 2. The summed E-state index contributed by atoms with van der Waals surface area (Å²) in [4.78, 5) is 14.3. The summed E-state index contributed by atoms with van der Waals surface area (Å²) >= 11 is 0. The van der Waals surface area contributed by atoms with Gasteiger partial charge in [0.2, 0.25) is 10.0 Å². The van der Waals surface area contributed by atoms with Crippen molar-refractivity contribution in [1.82, 2.24) is 14.9 Å². The molecule has 6 nitrogen and oxygen atoms in total. The fraction of sp³-hybridized carbons (Fsp3) is 0.650. The highest BCUT2D eigenvalue weighted by Gasteiger charge is 2.28. The first kappa shape index (κ1) is 21.7. The lowest BCUT2D eigenvalue weighted by Gasteiger charge is -2.34. The second-order valence-corrected chi connectivity index (χ2v) is 10.2. The highest BCUT2D eigenvalue weighted by molar-refractivity contribution is 7.89. The molecule has 0 saturated carbocycles. The molecule has 7 heteroatoms. The molecule has 152 valence electrons. The van der Waals surface area contributed by atoms with Crippen LogP contribution in [0.5, 0.6) is 0 Å². The number of sulfonamides is 1. The zero-order chi connectivity index (χ0) is 20.2. The van der Waals surface area contributed by atoms with E-state index in [2.05, 4.69) is 23.9 Å². The summed E-state index contributed by atoms with van der Waals surface area (Å²) in [6.07, 6.45) is 2.25. The van der Waals surface area contributed by atoms with Crippen LogP contribution in [0.15, 0.2) is 29.2 Å². The molecular formula is C20H33N3O3S. The third kappa shape index (κ3) is 6.21. The first-order chi connectivity index (χ1) is 12.5. The summed E-state index contributed by atoms with van der Waals surface area (Å²) in [6.45, 7) is 11.2. The summed E-state index contributed by atoms with van der Waals surface area (Å²) < 4.78 is 28.1. The van der Waals surface area contributed by atoms with Crippen LogP contribution in [0.2, 0.25) is 0 Å². The maximum Gasteiger partial charge on any atom is 0.317 e. The molecule has 2 amide bonds. The van der Waals surface area contributed by atoms with E-state index in [-0.39, 0.29) is 17.6 Å². The van der Waals surface area contributed by atoms with Gasteiger partial charge in [-0.25, -0.2) is 17.9 Å². The standard InChI is InChI=1S/C20H33N3O3S/c1-6-15(2)16-7-9-18(10-8-16)27(25,26)22-17-11-13-23(14-12-17)19(24)21-20(3,4)5/h7-10,15,17,22H,6,11-14H2,1-5H3,(H,21,24)/t15-/m0/s1. The zero-order valence-corrected chi connectivity index (χ0v) is 17.9. The number of likely N-dealkylation sites (tertiary alicyclic amines) is 1. The van der Waals surface area contributed by atoms with E-state index in [1.807, 2.05) is 32.9 Å². The molecule has 1 aliphatic rings. The SMILES string of the molecule is CC[C@H](C)c1ccc(S(=O)(=O)NC2CCN(C(=O)NC(C)(C)C)CC2)cc1. The number of nitrogens with one attached hydrogen (secondary N) is 2. The third-order valence-corrected chi connectivity index (χ3v) is 6.49. The molecule has 0 aromatic heterocycles. The predicted molar refractivity (Wildman–Crippen MR) is 108 cm³/mol. The summed E-state index contributed by atoms with van der Waals surface area (Å²) in [7, 11) is -3.54. The first-order valence-electron chi connectivity index (χ1n) is 9.71. The second kappa shape index (κ2) is 8.61. The Morgan fingerprint density at radius 1 is 1.19 bits per heavy atom. The summed E-state index contributed by atoms with van der Waals surface area (Å²) in [5.41, 5.74) is 0.867. The number of hydrogen-bond donors (Lipinski definition) is 2. The average Bonchev–Trinajstić information content (AvgIpc) is 2.60. The topological polar surface area (TPSA) is 78.5 Å². The molecule has 1 saturated heterocycles. The molecule has 0 bridgehead atoms. The van der Waals surface area contributed by atoms with Crippen molar-refractivity contribution in [2.45, 2.75) is 76.3 Å². The van der Waals surface area contributed by atoms with E-state index in [1.54, 1.807) is 17.0 Å². The van der Waals surface area contributed by atoms with Crippen LogP contribution >= 0.6 is 0 Å². The van der Waals surface area contributed by atoms with Crippen LogP contribution in [-0.2, 0) is 10.0 Å². The van der Waals surface area contributed by atoms with Crippen molar-refractivity contribution in [3.8, 4) is 0 Å². The van der Waals surface area contributed by atoms with Gasteiger partial charge in [-0.05, 0) is 63.6 Å². The van der Waals surface area contributed by atoms with Gasteiger partial charge in [0.25, 0.3) is 0 Å². The molecule has 1 fully saturated rings. The van der Waals surface area contributed by atoms with E-state index in [0.29, 0.717) is 36.7 Å². The van der Waals surface area contributed by atoms with Gasteiger partial charge in [-0.1, -0.05) is 26.0 Å². The fourth-order valence-corrected chi connectivity index (χ4v) is 4.40. The Morgan fingerprint density at radius 3 is 2.22 bits per heavy atom. The van der Waals surface area contributed by atoms with Crippen molar-refractivity contribution < 1.29 is 13.2 Å². The summed E-state index contributed by atoms with van der Waals surface area (Å²) in [5.74, 6) is 0.415. The number of urea groups is 1. The van der Waals surface area contributed by atoms with Crippen molar-refractivity contribution >= 4 is 16.1 Å². The van der Waals surface area contributed by atoms with Gasteiger partial charge in [-0.3, -0.25) is 0 Å². The highest BCUT2D eigenvalue weighted by Crippen LogP contribution is 2.21. The molecule has 1 aromatic rings. The van der Waals surface area contributed by atoms with E-state index >= 15 is 0 Å². The normalized spacial score (nSPS) is 17.6. The van der Waals surface area contributed by atoms with E-state index in [9.17, 15) is 13.2 Å². The number of carbonyl (C=O) groups is 1. The lowest BCUT2D eigenvalue weighted by Crippen LogP contribution is -2.53. The van der Waals surface area contributed by atoms with Crippen LogP contribution in [0.25, 0.3) is 0 Å². The van der Waals surface area contributed by atoms with Gasteiger partial charge < -0.3 is 10.2 Å². The monoisotopic (exact) mass is 395 g/mol. The van der Waals surface area contributed by atoms with Gasteiger partial charge in [0.05, 0.1) is 4.90 Å². The molecule has 1 atom stereocenters. The Hall–Kier alpha value is -1.60. The van der Waals surface area contributed by atoms with Crippen molar-refractivity contribution in [2.24, 2.45) is 0 Å². The Labute approximate surface area is 163 Å². The van der Waals surface area contributed by atoms with E-state index in [1.165, 1.54) is 0 Å². The molecular weight excluding hydrogens is 362 g/mol. The molecule has 0 aliphatic carbocycles. The number of carbonyl (C=O) groups excluding carboxylic acids is 1. The molecule has 2 rings (SSSR count). The molecule has 27 heavy (non-hydrogen) atoms. The Balaban J connectivity index is 1.93. The fourth-order valence-electron chi connectivity index (χ4n) is 3.10. The predicted octanol–water partition coefficient (Wildman–Crippen LogP) is 3.45. The van der Waals surface area contributed by atoms with Crippen molar-refractivity contribution in [3.63, 3.8) is 0 Å². The van der Waals surface area contributed by atoms with Gasteiger partial charge in [0, 0.05) is 24.7 Å². The Bertz CT molecular complexity index is 731. The van der Waals surface area contributed by atoms with Crippen LogP contribution < -0.4 is 10.0 Å². The largest absolute Gasteiger partial charge is 0.333 e. The van der Waals surface area contributed by atoms with Crippen molar-refractivity contribution in [3.05, 3.63) is 29.8 Å². The molecule has 0 radical (unpaired) electrons. The minimum Gasteiger partial charge on any atom is -0.333 e. The summed E-state index contributed by atoms with van der Waals surface area (Å²) in [6, 6.07) is 6.89. The summed E-state index contributed by atoms with van der Waals surface area (Å²) in [5, 5.41) is 2.95. The molecule has 0 unspecified atom stereocenters. The van der Waals surface area contributed by atoms with E-state index in [4.69, 9.17) is 0 Å². The third-order valence-electron chi connectivity index (χ3n) is 4.96. The molecule has 1 aromatic carbocycles. The van der Waals surface area contributed by atoms with Crippen LogP contribution in [-0.4, -0.2) is 44.0 Å².